The quantitative estimate of drug-likeness (QED) is 0.196. The first-order chi connectivity index (χ1) is 22.2. The molecule has 0 spiro atoms. The molecule has 0 fully saturated rings. The Morgan fingerprint density at radius 1 is 0.318 bits per heavy atom. The highest BCUT2D eigenvalue weighted by molar-refractivity contribution is 6.26. The fourth-order valence-electron chi connectivity index (χ4n) is 7.10. The van der Waals surface area contributed by atoms with Crippen LogP contribution >= 0.6 is 0 Å². The smallest absolute Gasteiger partial charge is 0.178 e. The van der Waals surface area contributed by atoms with Crippen molar-refractivity contribution in [3.05, 3.63) is 146 Å². The van der Waals surface area contributed by atoms with Crippen LogP contribution in [0.2, 0.25) is 0 Å². The molecule has 0 atom stereocenters. The van der Waals surface area contributed by atoms with Crippen molar-refractivity contribution in [3.8, 4) is 22.3 Å². The van der Waals surface area contributed by atoms with E-state index in [4.69, 9.17) is 10.2 Å². The van der Waals surface area contributed by atoms with Gasteiger partial charge in [0.25, 0.3) is 0 Å². The number of hydrogen-bond donors (Lipinski definition) is 0. The molecule has 0 aliphatic carbocycles. The van der Waals surface area contributed by atoms with E-state index in [0.29, 0.717) is 6.04 Å². The maximum absolute atomic E-state index is 8.05. The van der Waals surface area contributed by atoms with Crippen molar-refractivity contribution >= 4 is 76.2 Å². The lowest BCUT2D eigenvalue weighted by Crippen LogP contribution is -1.85. The summed E-state index contributed by atoms with van der Waals surface area (Å²) in [5.74, 6) is 0. The minimum Gasteiger partial charge on any atom is -0.452 e. The molecule has 0 radical (unpaired) electrons. The van der Waals surface area contributed by atoms with Crippen LogP contribution in [0.4, 0.5) is 0 Å². The molecule has 0 aliphatic rings. The van der Waals surface area contributed by atoms with Crippen molar-refractivity contribution in [2.45, 2.75) is 0 Å². The van der Waals surface area contributed by atoms with Gasteiger partial charge in [0.1, 0.15) is 11.2 Å². The maximum atomic E-state index is 8.05. The summed E-state index contributed by atoms with van der Waals surface area (Å²) in [6.07, 6.45) is 0. The normalized spacial score (nSPS) is 12.4. The van der Waals surface area contributed by atoms with E-state index in [-0.39, 0.29) is 0 Å². The van der Waals surface area contributed by atoms with Crippen LogP contribution in [0, 0.1) is 0 Å². The Morgan fingerprint density at radius 2 is 0.818 bits per heavy atom. The summed E-state index contributed by atoms with van der Waals surface area (Å²) in [6, 6.07) is 49.6. The zero-order valence-corrected chi connectivity index (χ0v) is 23.6. The Balaban J connectivity index is 1.12. The summed E-state index contributed by atoms with van der Waals surface area (Å²) < 4.78 is 20.7. The molecule has 0 amide bonds. The largest absolute Gasteiger partial charge is 0.452 e. The molecule has 8 aromatic carbocycles. The molecule has 2 aromatic heterocycles. The van der Waals surface area contributed by atoms with Gasteiger partial charge in [-0.15, -0.1) is 0 Å². The van der Waals surface area contributed by atoms with Gasteiger partial charge < -0.3 is 8.83 Å². The molecular weight excluding hydrogens is 536 g/mol. The van der Waals surface area contributed by atoms with E-state index in [1.807, 2.05) is 12.1 Å². The Morgan fingerprint density at radius 3 is 1.50 bits per heavy atom. The molecule has 0 aliphatic heterocycles. The van der Waals surface area contributed by atoms with E-state index in [0.717, 1.165) is 55.0 Å². The van der Waals surface area contributed by atoms with Gasteiger partial charge in [0.2, 0.25) is 0 Å². The number of rotatable bonds is 2. The Kier molecular flexibility index (Phi) is 4.55. The summed E-state index contributed by atoms with van der Waals surface area (Å²) >= 11 is 0. The van der Waals surface area contributed by atoms with Crippen molar-refractivity contribution in [2.75, 3.05) is 0 Å². The van der Waals surface area contributed by atoms with Crippen LogP contribution in [0.25, 0.3) is 98.4 Å². The average molecular weight is 562 g/mol. The average Bonchev–Trinajstić information content (AvgIpc) is 3.66. The Bertz CT molecular complexity index is 2800. The second-order valence-electron chi connectivity index (χ2n) is 11.6. The molecule has 0 N–H and O–H groups in total. The molecular formula is C42H24O2. The van der Waals surface area contributed by atoms with E-state index in [1.54, 1.807) is 6.07 Å². The molecule has 0 unspecified atom stereocenters. The van der Waals surface area contributed by atoms with E-state index < -0.39 is 0 Å². The zero-order chi connectivity index (χ0) is 29.6. The molecule has 2 heterocycles. The van der Waals surface area contributed by atoms with Gasteiger partial charge in [-0.05, 0) is 97.0 Å². The summed E-state index contributed by atoms with van der Waals surface area (Å²) in [5.41, 5.74) is 7.72. The number of benzene rings is 8. The number of furan rings is 2. The first-order valence-electron chi connectivity index (χ1n) is 15.4. The van der Waals surface area contributed by atoms with Gasteiger partial charge in [-0.25, -0.2) is 0 Å². The minimum atomic E-state index is 0.465. The monoisotopic (exact) mass is 561 g/mol. The highest BCUT2D eigenvalue weighted by atomic mass is 16.4. The van der Waals surface area contributed by atoms with Gasteiger partial charge in [-0.1, -0.05) is 103 Å². The molecule has 0 bridgehead atoms. The highest BCUT2D eigenvalue weighted by Gasteiger charge is 2.16. The lowest BCUT2D eigenvalue weighted by Gasteiger charge is -2.12. The third-order valence-electron chi connectivity index (χ3n) is 9.19. The summed E-state index contributed by atoms with van der Waals surface area (Å²) in [5, 5.41) is 11.7. The molecule has 204 valence electrons. The van der Waals surface area contributed by atoms with Crippen molar-refractivity contribution in [3.63, 3.8) is 0 Å². The van der Waals surface area contributed by atoms with E-state index >= 15 is 0 Å². The second kappa shape index (κ2) is 8.82. The molecule has 0 saturated heterocycles. The van der Waals surface area contributed by atoms with Gasteiger partial charge >= 0.3 is 0 Å². The van der Waals surface area contributed by atoms with Gasteiger partial charge in [0, 0.05) is 21.5 Å². The van der Waals surface area contributed by atoms with Crippen LogP contribution in [-0.4, -0.2) is 0 Å². The summed E-state index contributed by atoms with van der Waals surface area (Å²) in [7, 11) is 0. The zero-order valence-electron chi connectivity index (χ0n) is 24.6. The van der Waals surface area contributed by atoms with Gasteiger partial charge in [-0.3, -0.25) is 0 Å². The lowest BCUT2D eigenvalue weighted by atomic mass is 9.91. The standard InChI is InChI=1S/C42H24O2/c1-2-12-31-29(10-1)30-11-3-4-13-32(30)37-23-27(16-18-33(31)37)25-8-7-9-26(22-25)28-17-21-40-38(24-28)36-20-19-35-34-14-5-6-15-39(34)43-41(35)42(36)44-40/h1-24H/i5D. The lowest BCUT2D eigenvalue weighted by molar-refractivity contribution is 0.633. The van der Waals surface area contributed by atoms with Crippen LogP contribution < -0.4 is 0 Å². The molecule has 10 rings (SSSR count). The van der Waals surface area contributed by atoms with E-state index in [9.17, 15) is 0 Å². The number of fused-ring (bicyclic) bond motifs is 13. The molecule has 2 nitrogen and oxygen atoms in total. The topological polar surface area (TPSA) is 26.3 Å². The van der Waals surface area contributed by atoms with E-state index in [2.05, 4.69) is 121 Å². The summed E-state index contributed by atoms with van der Waals surface area (Å²) in [6.45, 7) is 0. The van der Waals surface area contributed by atoms with Crippen LogP contribution in [0.15, 0.2) is 154 Å². The highest BCUT2D eigenvalue weighted by Crippen LogP contribution is 2.41. The molecule has 0 saturated carbocycles. The summed E-state index contributed by atoms with van der Waals surface area (Å²) in [4.78, 5) is 0. The van der Waals surface area contributed by atoms with Gasteiger partial charge in [0.05, 0.1) is 1.37 Å². The number of hydrogen-bond acceptors (Lipinski definition) is 2. The van der Waals surface area contributed by atoms with Crippen molar-refractivity contribution in [1.82, 2.24) is 0 Å². The van der Waals surface area contributed by atoms with Crippen molar-refractivity contribution < 1.29 is 10.2 Å². The molecule has 10 aromatic rings. The van der Waals surface area contributed by atoms with Crippen LogP contribution in [0.3, 0.4) is 0 Å². The molecule has 2 heteroatoms. The Labute approximate surface area is 253 Å². The fraction of sp³-hybridized carbons (Fsp3) is 0. The first kappa shape index (κ1) is 22.7. The Hall–Kier alpha value is -5.86. The minimum absolute atomic E-state index is 0.465. The van der Waals surface area contributed by atoms with Crippen molar-refractivity contribution in [1.29, 1.82) is 0 Å². The third-order valence-corrected chi connectivity index (χ3v) is 9.19. The first-order valence-corrected chi connectivity index (χ1v) is 14.9. The maximum Gasteiger partial charge on any atom is 0.178 e. The second-order valence-corrected chi connectivity index (χ2v) is 11.6. The van der Waals surface area contributed by atoms with E-state index in [1.165, 1.54) is 43.4 Å². The van der Waals surface area contributed by atoms with Gasteiger partial charge in [0.15, 0.2) is 11.2 Å². The predicted molar refractivity (Wildman–Crippen MR) is 184 cm³/mol. The van der Waals surface area contributed by atoms with Gasteiger partial charge in [-0.2, -0.15) is 0 Å². The fourth-order valence-corrected chi connectivity index (χ4v) is 7.10. The predicted octanol–water partition coefficient (Wildman–Crippen LogP) is 12.3. The van der Waals surface area contributed by atoms with Crippen LogP contribution in [0.5, 0.6) is 0 Å². The SMILES string of the molecule is [2H]c1ccc2oc3c(ccc4c5cc(-c6cccc(-c7ccc8c9ccccc9c9ccccc9c8c7)c6)ccc5oc43)c2c1. The van der Waals surface area contributed by atoms with Crippen LogP contribution in [-0.2, 0) is 0 Å². The number of para-hydroxylation sites is 1. The van der Waals surface area contributed by atoms with Crippen molar-refractivity contribution in [2.24, 2.45) is 0 Å². The third kappa shape index (κ3) is 3.31. The molecule has 44 heavy (non-hydrogen) atoms. The van der Waals surface area contributed by atoms with Crippen LogP contribution in [0.1, 0.15) is 1.37 Å².